The Hall–Kier alpha value is -5.88. The number of oxazole rings is 1. The van der Waals surface area contributed by atoms with Crippen LogP contribution in [-0.4, -0.2) is 71.8 Å². The van der Waals surface area contributed by atoms with Gasteiger partial charge in [-0.05, 0) is 129 Å². The van der Waals surface area contributed by atoms with Gasteiger partial charge in [0.15, 0.2) is 0 Å². The number of aliphatic hydroxyl groups is 3. The molecule has 11 heteroatoms. The number of aryl methyl sites for hydroxylation is 1. The van der Waals surface area contributed by atoms with Crippen LogP contribution in [0.3, 0.4) is 0 Å². The van der Waals surface area contributed by atoms with Gasteiger partial charge in [0.05, 0.1) is 46.1 Å². The lowest BCUT2D eigenvalue weighted by atomic mass is 9.61. The summed E-state index contributed by atoms with van der Waals surface area (Å²) in [5.74, 6) is -0.436. The molecule has 4 aliphatic carbocycles. The Kier molecular flexibility index (Phi) is 16.8. The molecule has 3 aromatic carbocycles. The zero-order chi connectivity index (χ0) is 45.7. The monoisotopic (exact) mass is 859 g/mol. The molecule has 1 aromatic heterocycles. The molecule has 0 radical (unpaired) electrons. The van der Waals surface area contributed by atoms with E-state index >= 15 is 0 Å². The predicted molar refractivity (Wildman–Crippen MR) is 241 cm³/mol. The first-order valence-corrected chi connectivity index (χ1v) is 21.6. The molecular formula is C52H61NO10. The van der Waals surface area contributed by atoms with Crippen molar-refractivity contribution in [3.63, 3.8) is 0 Å². The number of aromatic nitrogens is 1. The van der Waals surface area contributed by atoms with Gasteiger partial charge >= 0.3 is 17.9 Å². The molecule has 11 nitrogen and oxygen atoms in total. The molecule has 0 unspecified atom stereocenters. The maximum atomic E-state index is 11.0. The van der Waals surface area contributed by atoms with Crippen LogP contribution in [0, 0.1) is 30.1 Å². The first kappa shape index (κ1) is 48.2. The Balaban J connectivity index is 0.000000221. The van der Waals surface area contributed by atoms with Crippen LogP contribution < -0.4 is 0 Å². The number of fused-ring (bicyclic) bond motifs is 1. The molecule has 0 amide bonds. The van der Waals surface area contributed by atoms with E-state index in [4.69, 9.17) is 19.7 Å². The van der Waals surface area contributed by atoms with E-state index in [-0.39, 0.29) is 10.8 Å². The molecule has 0 aliphatic heterocycles. The number of nitrogens with zero attached hydrogens (tertiary/aromatic N) is 1. The van der Waals surface area contributed by atoms with Crippen molar-refractivity contribution in [3.05, 3.63) is 173 Å². The van der Waals surface area contributed by atoms with Crippen LogP contribution >= 0.6 is 0 Å². The van der Waals surface area contributed by atoms with E-state index in [2.05, 4.69) is 43.6 Å². The van der Waals surface area contributed by atoms with E-state index in [0.717, 1.165) is 36.1 Å². The van der Waals surface area contributed by atoms with Crippen molar-refractivity contribution < 1.29 is 49.4 Å². The molecule has 0 spiro atoms. The lowest BCUT2D eigenvalue weighted by Crippen LogP contribution is -2.35. The number of carboxylic acid groups (broad SMARTS) is 3. The van der Waals surface area contributed by atoms with Gasteiger partial charge in [0.25, 0.3) is 0 Å². The molecule has 4 aliphatic rings. The fraction of sp³-hybridized carbons (Fsp3) is 0.385. The zero-order valence-corrected chi connectivity index (χ0v) is 36.3. The Labute approximate surface area is 369 Å². The molecule has 6 N–H and O–H groups in total. The van der Waals surface area contributed by atoms with Crippen LogP contribution in [0.5, 0.6) is 0 Å². The lowest BCUT2D eigenvalue weighted by Gasteiger charge is -2.44. The highest BCUT2D eigenvalue weighted by Gasteiger charge is 2.54. The van der Waals surface area contributed by atoms with E-state index in [0.29, 0.717) is 53.2 Å². The summed E-state index contributed by atoms with van der Waals surface area (Å²) < 4.78 is 5.65. The predicted octanol–water partition coefficient (Wildman–Crippen LogP) is 9.86. The van der Waals surface area contributed by atoms with Gasteiger partial charge in [-0.1, -0.05) is 105 Å². The zero-order valence-electron chi connectivity index (χ0n) is 36.3. The van der Waals surface area contributed by atoms with Gasteiger partial charge in [-0.25, -0.2) is 19.4 Å². The standard InChI is InChI=1S/C31H43NO4.3C7H6O2/c1-19(7-12-28(35)31(14-15-31)29-32-20(2)18-36-29)25-10-11-26-22(6-5-13-30(25,26)4)8-9-23-16-24(33)17-27(34)21(23)3;3*8-7(9)6-4-2-1-3-5-6/h7-9,12,18-19,24-28,33-35H,3,5-6,10-11,13-17H2,1-2,4H3;3*1-5H,(H,8,9)/b12-7+,22-8+,23-9-;;;/t19-,24-,25-,26+,27+,28-,30-;;;/m1.../s1. The second-order valence-corrected chi connectivity index (χ2v) is 17.3. The minimum absolute atomic E-state index is 0.247. The first-order valence-electron chi connectivity index (χ1n) is 21.6. The first-order chi connectivity index (χ1) is 30.1. The summed E-state index contributed by atoms with van der Waals surface area (Å²) in [5, 5.41) is 56.5. The topological polar surface area (TPSA) is 199 Å². The summed E-state index contributed by atoms with van der Waals surface area (Å²) in [6.07, 6.45) is 17.3. The summed E-state index contributed by atoms with van der Waals surface area (Å²) >= 11 is 0. The molecule has 8 rings (SSSR count). The number of hydrogen-bond donors (Lipinski definition) is 6. The number of allylic oxidation sites excluding steroid dienone is 4. The highest BCUT2D eigenvalue weighted by Crippen LogP contribution is 2.60. The van der Waals surface area contributed by atoms with Gasteiger partial charge in [-0.15, -0.1) is 0 Å². The van der Waals surface area contributed by atoms with E-state index in [1.165, 1.54) is 31.3 Å². The fourth-order valence-electron chi connectivity index (χ4n) is 9.30. The fourth-order valence-corrected chi connectivity index (χ4v) is 9.30. The maximum Gasteiger partial charge on any atom is 0.335 e. The van der Waals surface area contributed by atoms with E-state index in [1.54, 1.807) is 97.3 Å². The number of hydrogen-bond acceptors (Lipinski definition) is 8. The number of rotatable bonds is 9. The van der Waals surface area contributed by atoms with Gasteiger partial charge in [0, 0.05) is 6.42 Å². The second kappa shape index (κ2) is 22.0. The summed E-state index contributed by atoms with van der Waals surface area (Å²) in [6, 6.07) is 24.9. The molecular weight excluding hydrogens is 799 g/mol. The molecule has 63 heavy (non-hydrogen) atoms. The quantitative estimate of drug-likeness (QED) is 0.0876. The summed E-state index contributed by atoms with van der Waals surface area (Å²) in [5.41, 5.74) is 5.01. The van der Waals surface area contributed by atoms with Crippen molar-refractivity contribution >= 4 is 17.9 Å². The number of aromatic carboxylic acids is 3. The largest absolute Gasteiger partial charge is 0.478 e. The number of aliphatic hydroxyl groups excluding tert-OH is 3. The van der Waals surface area contributed by atoms with Crippen LogP contribution in [-0.2, 0) is 5.41 Å². The van der Waals surface area contributed by atoms with Gasteiger partial charge in [-0.3, -0.25) is 0 Å². The van der Waals surface area contributed by atoms with Crippen molar-refractivity contribution in [1.82, 2.24) is 4.98 Å². The van der Waals surface area contributed by atoms with Crippen LogP contribution in [0.2, 0.25) is 0 Å². The van der Waals surface area contributed by atoms with E-state index in [1.807, 2.05) is 13.0 Å². The van der Waals surface area contributed by atoms with E-state index < -0.39 is 36.2 Å². The lowest BCUT2D eigenvalue weighted by molar-refractivity contribution is 0.0686. The summed E-state index contributed by atoms with van der Waals surface area (Å²) in [7, 11) is 0. The molecule has 1 heterocycles. The highest BCUT2D eigenvalue weighted by molar-refractivity contribution is 5.88. The van der Waals surface area contributed by atoms with E-state index in [9.17, 15) is 29.7 Å². The Morgan fingerprint density at radius 3 is 1.76 bits per heavy atom. The molecule has 7 atom stereocenters. The second-order valence-electron chi connectivity index (χ2n) is 17.3. The van der Waals surface area contributed by atoms with Crippen LogP contribution in [0.15, 0.2) is 149 Å². The Bertz CT molecular complexity index is 2120. The Morgan fingerprint density at radius 2 is 1.32 bits per heavy atom. The average Bonchev–Trinajstić information content (AvgIpc) is 3.85. The number of carboxylic acids is 3. The summed E-state index contributed by atoms with van der Waals surface area (Å²) in [4.78, 5) is 35.1. The van der Waals surface area contributed by atoms with Gasteiger partial charge in [0.2, 0.25) is 5.89 Å². The van der Waals surface area contributed by atoms with Gasteiger partial charge in [-0.2, -0.15) is 0 Å². The average molecular weight is 860 g/mol. The van der Waals surface area contributed by atoms with Crippen LogP contribution in [0.25, 0.3) is 0 Å². The molecule has 0 saturated heterocycles. The molecule has 334 valence electrons. The minimum atomic E-state index is -0.879. The third-order valence-corrected chi connectivity index (χ3v) is 13.0. The maximum absolute atomic E-state index is 11.0. The van der Waals surface area contributed by atoms with Gasteiger partial charge < -0.3 is 35.1 Å². The smallest absolute Gasteiger partial charge is 0.335 e. The van der Waals surface area contributed by atoms with Crippen molar-refractivity contribution in [2.45, 2.75) is 102 Å². The summed E-state index contributed by atoms with van der Waals surface area (Å²) in [6.45, 7) is 10.8. The normalized spacial score (nSPS) is 25.5. The van der Waals surface area contributed by atoms with Crippen molar-refractivity contribution in [3.8, 4) is 0 Å². The van der Waals surface area contributed by atoms with Crippen LogP contribution in [0.1, 0.15) is 114 Å². The highest BCUT2D eigenvalue weighted by atomic mass is 16.4. The molecule has 4 fully saturated rings. The molecule has 4 aromatic rings. The molecule has 0 bridgehead atoms. The Morgan fingerprint density at radius 1 is 0.794 bits per heavy atom. The van der Waals surface area contributed by atoms with Crippen molar-refractivity contribution in [1.29, 1.82) is 0 Å². The third-order valence-electron chi connectivity index (χ3n) is 13.0. The number of carbonyl (C=O) groups is 3. The SMILES string of the molecule is C=C1/C(=C\C=C2/CCC[C@]3(C)[C@@H]([C@H](C)/C=C/[C@@H](O)C4(c5nc(C)co5)CC4)CC[C@@H]23)C[C@@H](O)C[C@@H]1O.O=C(O)c1ccccc1.O=C(O)c1ccccc1.O=C(O)c1ccccc1. The van der Waals surface area contributed by atoms with Crippen molar-refractivity contribution in [2.75, 3.05) is 0 Å². The van der Waals surface area contributed by atoms with Gasteiger partial charge in [0.1, 0.15) is 6.26 Å². The van der Waals surface area contributed by atoms with Crippen molar-refractivity contribution in [2.24, 2.45) is 23.2 Å². The minimum Gasteiger partial charge on any atom is -0.478 e. The van der Waals surface area contributed by atoms with Crippen LogP contribution in [0.4, 0.5) is 0 Å². The molecule has 4 saturated carbocycles. The number of benzene rings is 3. The third kappa shape index (κ3) is 12.6.